The van der Waals surface area contributed by atoms with Crippen LogP contribution in [0.2, 0.25) is 0 Å². The number of hydrogen-bond donors (Lipinski definition) is 1. The number of esters is 2. The molecule has 2 aliphatic heterocycles. The van der Waals surface area contributed by atoms with Crippen LogP contribution in [-0.2, 0) is 37.4 Å². The summed E-state index contributed by atoms with van der Waals surface area (Å²) in [6, 6.07) is 1.39. The van der Waals surface area contributed by atoms with Gasteiger partial charge in [-0.25, -0.2) is 14.4 Å². The number of aromatic nitrogens is 2. The molecule has 12 nitrogen and oxygen atoms in total. The third kappa shape index (κ3) is 7.44. The zero-order valence-corrected chi connectivity index (χ0v) is 22.9. The number of hydrogen-bond acceptors (Lipinski definition) is 10. The highest BCUT2D eigenvalue weighted by Crippen LogP contribution is 2.56. The SMILES string of the molecule is COC(=O)[C@H](CCCCNP1(=O)OC[C@H]2O[C@@H](n3ccc(C)nc3=O)C(F)(F)[C@@H]2O1)CC(=O)OC(C)(C)C. The predicted molar refractivity (Wildman–Crippen MR) is 128 cm³/mol. The Kier molecular flexibility index (Phi) is 9.46. The summed E-state index contributed by atoms with van der Waals surface area (Å²) in [6.07, 6.45) is -3.07. The number of nitrogens with one attached hydrogen (secondary N) is 1. The maximum Gasteiger partial charge on any atom is 0.406 e. The number of rotatable bonds is 10. The number of alkyl halides is 2. The van der Waals surface area contributed by atoms with Crippen LogP contribution >= 0.6 is 7.75 Å². The first kappa shape index (κ1) is 30.3. The van der Waals surface area contributed by atoms with Crippen molar-refractivity contribution in [3.05, 3.63) is 28.4 Å². The molecule has 2 saturated heterocycles. The van der Waals surface area contributed by atoms with Gasteiger partial charge < -0.3 is 14.2 Å². The Bertz CT molecular complexity index is 1120. The third-order valence-electron chi connectivity index (χ3n) is 5.89. The molecule has 1 aromatic heterocycles. The summed E-state index contributed by atoms with van der Waals surface area (Å²) in [4.78, 5) is 40.0. The fourth-order valence-corrected chi connectivity index (χ4v) is 5.71. The normalized spacial score (nSPS) is 27.4. The van der Waals surface area contributed by atoms with Gasteiger partial charge in [0, 0.05) is 18.4 Å². The lowest BCUT2D eigenvalue weighted by atomic mass is 9.98. The monoisotopic (exact) mass is 565 g/mol. The first-order chi connectivity index (χ1) is 17.6. The molecule has 15 heteroatoms. The quantitative estimate of drug-likeness (QED) is 0.254. The summed E-state index contributed by atoms with van der Waals surface area (Å²) in [6.45, 7) is 6.33. The van der Waals surface area contributed by atoms with Crippen LogP contribution in [0.5, 0.6) is 0 Å². The molecule has 0 aliphatic carbocycles. The molecule has 1 N–H and O–H groups in total. The Hall–Kier alpha value is -2.25. The van der Waals surface area contributed by atoms with Crippen molar-refractivity contribution in [1.29, 1.82) is 0 Å². The molecule has 5 atom stereocenters. The van der Waals surface area contributed by atoms with Crippen LogP contribution in [0.1, 0.15) is 58.4 Å². The number of fused-ring (bicyclic) bond motifs is 1. The number of methoxy groups -OCH3 is 1. The minimum Gasteiger partial charge on any atom is -0.469 e. The lowest BCUT2D eigenvalue weighted by Crippen LogP contribution is -2.46. The topological polar surface area (TPSA) is 144 Å². The summed E-state index contributed by atoms with van der Waals surface area (Å²) >= 11 is 0. The Balaban J connectivity index is 1.52. The summed E-state index contributed by atoms with van der Waals surface area (Å²) in [5.41, 5.74) is -1.24. The first-order valence-corrected chi connectivity index (χ1v) is 13.8. The van der Waals surface area contributed by atoms with Crippen molar-refractivity contribution in [2.24, 2.45) is 5.92 Å². The molecule has 1 unspecified atom stereocenters. The standard InChI is InChI=1S/C23H34F2N3O9P/c1-14-9-11-28(21(31)27-14)20-23(24,25)18-16(35-20)13-34-38(32,37-18)26-10-7-6-8-15(19(30)33-5)12-17(29)36-22(2,3)4/h9,11,15-16,18,20H,6-8,10,12-13H2,1-5H3,(H,26,32)/t15-,16-,18-,20-,38?/m1/s1. The van der Waals surface area contributed by atoms with Crippen molar-refractivity contribution in [1.82, 2.24) is 14.6 Å². The van der Waals surface area contributed by atoms with E-state index in [4.69, 9.17) is 23.3 Å². The Morgan fingerprint density at radius 2 is 2.05 bits per heavy atom. The molecule has 1 aromatic rings. The molecule has 214 valence electrons. The maximum atomic E-state index is 15.2. The molecule has 0 bridgehead atoms. The van der Waals surface area contributed by atoms with Gasteiger partial charge in [-0.1, -0.05) is 6.42 Å². The number of nitrogens with zero attached hydrogens (tertiary/aromatic N) is 2. The van der Waals surface area contributed by atoms with Gasteiger partial charge in [-0.3, -0.25) is 23.2 Å². The van der Waals surface area contributed by atoms with Crippen LogP contribution < -0.4 is 10.8 Å². The highest BCUT2D eigenvalue weighted by atomic mass is 31.2. The second-order valence-corrected chi connectivity index (χ2v) is 12.0. The molecule has 38 heavy (non-hydrogen) atoms. The van der Waals surface area contributed by atoms with E-state index in [0.29, 0.717) is 23.1 Å². The molecule has 0 amide bonds. The molecule has 0 aromatic carbocycles. The van der Waals surface area contributed by atoms with Crippen molar-refractivity contribution < 1.29 is 46.2 Å². The van der Waals surface area contributed by atoms with Crippen molar-refractivity contribution in [2.75, 3.05) is 20.3 Å². The summed E-state index contributed by atoms with van der Waals surface area (Å²) in [7, 11) is -2.89. The van der Waals surface area contributed by atoms with Gasteiger partial charge in [0.15, 0.2) is 6.10 Å². The van der Waals surface area contributed by atoms with Gasteiger partial charge >= 0.3 is 31.3 Å². The number of ether oxygens (including phenoxy) is 3. The molecular formula is C23H34F2N3O9P. The molecule has 0 spiro atoms. The van der Waals surface area contributed by atoms with Gasteiger partial charge in [-0.05, 0) is 46.6 Å². The predicted octanol–water partition coefficient (Wildman–Crippen LogP) is 2.89. The summed E-state index contributed by atoms with van der Waals surface area (Å²) < 4.78 is 69.8. The molecular weight excluding hydrogens is 531 g/mol. The van der Waals surface area contributed by atoms with Crippen LogP contribution in [0.25, 0.3) is 0 Å². The number of unbranched alkanes of at least 4 members (excludes halogenated alkanes) is 1. The van der Waals surface area contributed by atoms with E-state index in [1.807, 2.05) is 0 Å². The van der Waals surface area contributed by atoms with Crippen LogP contribution in [0.15, 0.2) is 17.1 Å². The molecule has 0 saturated carbocycles. The Morgan fingerprint density at radius 1 is 1.34 bits per heavy atom. The molecule has 2 fully saturated rings. The van der Waals surface area contributed by atoms with Crippen molar-refractivity contribution in [3.63, 3.8) is 0 Å². The Morgan fingerprint density at radius 3 is 2.68 bits per heavy atom. The first-order valence-electron chi connectivity index (χ1n) is 12.2. The van der Waals surface area contributed by atoms with Crippen LogP contribution in [0.3, 0.4) is 0 Å². The lowest BCUT2D eigenvalue weighted by molar-refractivity contribution is -0.160. The largest absolute Gasteiger partial charge is 0.469 e. The molecule has 3 heterocycles. The summed E-state index contributed by atoms with van der Waals surface area (Å²) in [5.74, 6) is -5.50. The Labute approximate surface area is 218 Å². The number of halogens is 2. The van der Waals surface area contributed by atoms with Gasteiger partial charge in [0.05, 0.1) is 26.1 Å². The fraction of sp³-hybridized carbons (Fsp3) is 0.739. The number of carbonyl (C=O) groups excluding carboxylic acids is 2. The van der Waals surface area contributed by atoms with Crippen molar-refractivity contribution >= 4 is 19.7 Å². The highest BCUT2D eigenvalue weighted by molar-refractivity contribution is 7.51. The van der Waals surface area contributed by atoms with E-state index in [-0.39, 0.29) is 19.4 Å². The van der Waals surface area contributed by atoms with E-state index in [1.165, 1.54) is 13.2 Å². The van der Waals surface area contributed by atoms with E-state index >= 15 is 8.78 Å². The zero-order valence-electron chi connectivity index (χ0n) is 22.0. The second-order valence-electron chi connectivity index (χ2n) is 10.2. The van der Waals surface area contributed by atoms with E-state index in [1.54, 1.807) is 27.7 Å². The zero-order chi connectivity index (χ0) is 28.3. The lowest BCUT2D eigenvalue weighted by Gasteiger charge is -2.32. The maximum absolute atomic E-state index is 15.2. The number of aryl methyl sites for hydroxylation is 1. The van der Waals surface area contributed by atoms with Crippen LogP contribution in [-0.4, -0.2) is 65.5 Å². The third-order valence-corrected chi connectivity index (χ3v) is 7.49. The highest BCUT2D eigenvalue weighted by Gasteiger charge is 2.65. The van der Waals surface area contributed by atoms with E-state index in [9.17, 15) is 18.9 Å². The average Bonchev–Trinajstić information content (AvgIpc) is 3.06. The van der Waals surface area contributed by atoms with E-state index in [0.717, 1.165) is 6.20 Å². The van der Waals surface area contributed by atoms with Gasteiger partial charge in [0.1, 0.15) is 11.7 Å². The number of carbonyl (C=O) groups is 2. The van der Waals surface area contributed by atoms with Gasteiger partial charge in [0.2, 0.25) is 6.23 Å². The van der Waals surface area contributed by atoms with E-state index in [2.05, 4.69) is 10.1 Å². The molecule has 2 aliphatic rings. The van der Waals surface area contributed by atoms with Gasteiger partial charge in [-0.15, -0.1) is 0 Å². The summed E-state index contributed by atoms with van der Waals surface area (Å²) in [5, 5.41) is 2.54. The average molecular weight is 566 g/mol. The smallest absolute Gasteiger partial charge is 0.406 e. The molecule has 3 rings (SSSR count). The minimum absolute atomic E-state index is 0.0617. The minimum atomic E-state index is -4.11. The molecule has 0 radical (unpaired) electrons. The fourth-order valence-electron chi connectivity index (χ4n) is 4.13. The van der Waals surface area contributed by atoms with E-state index < -0.39 is 67.9 Å². The van der Waals surface area contributed by atoms with Gasteiger partial charge in [0.25, 0.3) is 0 Å². The second kappa shape index (κ2) is 11.9. The van der Waals surface area contributed by atoms with Crippen LogP contribution in [0, 0.1) is 12.8 Å². The van der Waals surface area contributed by atoms with Crippen molar-refractivity contribution in [3.8, 4) is 0 Å². The van der Waals surface area contributed by atoms with Crippen molar-refractivity contribution in [2.45, 2.75) is 83.3 Å². The van der Waals surface area contributed by atoms with Crippen LogP contribution in [0.4, 0.5) is 8.78 Å². The van der Waals surface area contributed by atoms with Gasteiger partial charge in [-0.2, -0.15) is 13.8 Å².